The molecule has 2 heterocycles. The van der Waals surface area contributed by atoms with Gasteiger partial charge in [0.2, 0.25) is 23.6 Å². The highest BCUT2D eigenvalue weighted by Crippen LogP contribution is 2.24. The Morgan fingerprint density at radius 1 is 0.538 bits per heavy atom. The monoisotopic (exact) mass is 1060 g/mol. The number of nitrogens with zero attached hydrogens (tertiary/aromatic N) is 4. The minimum atomic E-state index is -1.04. The quantitative estimate of drug-likeness (QED) is 0.0642. The number of amides is 6. The van der Waals surface area contributed by atoms with E-state index in [0.29, 0.717) is 76.1 Å². The maximum absolute atomic E-state index is 14.6. The Kier molecular flexibility index (Phi) is 23.9. The average molecular weight is 1060 g/mol. The predicted octanol–water partition coefficient (Wildman–Crippen LogP) is 4.74. The second-order valence-electron chi connectivity index (χ2n) is 20.0. The first-order valence-corrected chi connectivity index (χ1v) is 27.3. The smallest absolute Gasteiger partial charge is 0.253 e. The largest absolute Gasteiger partial charge is 0.363 e. The molecule has 6 amide bonds. The van der Waals surface area contributed by atoms with Crippen LogP contribution in [0.15, 0.2) is 121 Å². The molecule has 0 radical (unpaired) electrons. The van der Waals surface area contributed by atoms with Crippen LogP contribution in [0.25, 0.3) is 0 Å². The van der Waals surface area contributed by atoms with Crippen molar-refractivity contribution >= 4 is 35.4 Å². The van der Waals surface area contributed by atoms with Crippen molar-refractivity contribution in [3.63, 3.8) is 0 Å². The first-order chi connectivity index (χ1) is 37.8. The summed E-state index contributed by atoms with van der Waals surface area (Å²) in [5.74, 6) is 9.73. The molecule has 0 saturated carbocycles. The number of likely N-dealkylation sites (N-methyl/N-ethyl adjacent to an activating group) is 2. The van der Waals surface area contributed by atoms with E-state index in [4.69, 9.17) is 9.47 Å². The number of likely N-dealkylation sites (tertiary alicyclic amines) is 2. The number of nitrogens with one attached hydrogen (secondary N) is 4. The molecule has 0 spiro atoms. The molecule has 4 aromatic rings. The second kappa shape index (κ2) is 31.2. The van der Waals surface area contributed by atoms with Crippen LogP contribution in [0.2, 0.25) is 0 Å². The van der Waals surface area contributed by atoms with Crippen molar-refractivity contribution in [2.75, 3.05) is 66.6 Å². The van der Waals surface area contributed by atoms with E-state index in [0.717, 1.165) is 24.0 Å². The lowest BCUT2D eigenvalue weighted by atomic mass is 10.1. The van der Waals surface area contributed by atoms with E-state index in [9.17, 15) is 28.8 Å². The summed E-state index contributed by atoms with van der Waals surface area (Å²) in [6.07, 6.45) is 2.60. The van der Waals surface area contributed by atoms with E-state index in [2.05, 4.69) is 44.9 Å². The van der Waals surface area contributed by atoms with Crippen molar-refractivity contribution in [2.24, 2.45) is 0 Å². The summed E-state index contributed by atoms with van der Waals surface area (Å²) in [7, 11) is 3.33. The van der Waals surface area contributed by atoms with Gasteiger partial charge in [-0.05, 0) is 128 Å². The van der Waals surface area contributed by atoms with Crippen molar-refractivity contribution in [1.82, 2.24) is 40.9 Å². The number of carbonyl (C=O) groups excluding carboxylic acids is 6. The number of hydrogen-bond acceptors (Lipinski definition) is 10. The van der Waals surface area contributed by atoms with Gasteiger partial charge in [0.1, 0.15) is 25.3 Å². The fraction of sp³-hybridized carbons (Fsp3) is 0.452. The third-order valence-electron chi connectivity index (χ3n) is 14.6. The Hall–Kier alpha value is -7.34. The summed E-state index contributed by atoms with van der Waals surface area (Å²) in [6, 6.07) is 34.5. The number of benzene rings is 4. The van der Waals surface area contributed by atoms with Gasteiger partial charge in [-0.1, -0.05) is 109 Å². The van der Waals surface area contributed by atoms with Crippen molar-refractivity contribution in [1.29, 1.82) is 0 Å². The molecule has 2 saturated heterocycles. The number of rotatable bonds is 26. The topological polar surface area (TPSA) is 182 Å². The molecule has 2 aliphatic rings. The van der Waals surface area contributed by atoms with E-state index in [1.54, 1.807) is 75.9 Å². The van der Waals surface area contributed by atoms with E-state index >= 15 is 0 Å². The van der Waals surface area contributed by atoms with Gasteiger partial charge < -0.3 is 50.3 Å². The maximum atomic E-state index is 14.6. The minimum absolute atomic E-state index is 0.0967. The maximum Gasteiger partial charge on any atom is 0.253 e. The fourth-order valence-corrected chi connectivity index (χ4v) is 9.67. The van der Waals surface area contributed by atoms with Crippen LogP contribution in [-0.4, -0.2) is 170 Å². The highest BCUT2D eigenvalue weighted by Gasteiger charge is 2.40. The molecule has 0 aliphatic carbocycles. The van der Waals surface area contributed by atoms with Crippen molar-refractivity contribution in [2.45, 2.75) is 115 Å². The summed E-state index contributed by atoms with van der Waals surface area (Å²) in [5, 5.41) is 11.7. The zero-order chi connectivity index (χ0) is 55.8. The first kappa shape index (κ1) is 59.9. The molecular weight excluding hydrogens is 985 g/mol. The van der Waals surface area contributed by atoms with Gasteiger partial charge in [-0.3, -0.25) is 28.8 Å². The Balaban J connectivity index is 1.08. The normalized spacial score (nSPS) is 17.2. The van der Waals surface area contributed by atoms with Crippen molar-refractivity contribution in [3.05, 3.63) is 144 Å². The Bertz CT molecular complexity index is 2510. The van der Waals surface area contributed by atoms with E-state index in [-0.39, 0.29) is 60.7 Å². The average Bonchev–Trinajstić information content (AvgIpc) is 4.17. The van der Waals surface area contributed by atoms with Gasteiger partial charge in [-0.15, -0.1) is 0 Å². The molecule has 2 unspecified atom stereocenters. The van der Waals surface area contributed by atoms with Crippen LogP contribution in [-0.2, 0) is 41.5 Å². The first-order valence-electron chi connectivity index (χ1n) is 27.3. The molecule has 2 aliphatic heterocycles. The lowest BCUT2D eigenvalue weighted by Gasteiger charge is -2.35. The molecule has 16 heteroatoms. The zero-order valence-electron chi connectivity index (χ0n) is 46.1. The molecule has 16 nitrogen and oxygen atoms in total. The molecule has 0 bridgehead atoms. The molecule has 4 aromatic carbocycles. The summed E-state index contributed by atoms with van der Waals surface area (Å²) in [6.45, 7) is 9.17. The van der Waals surface area contributed by atoms with Gasteiger partial charge >= 0.3 is 0 Å². The number of hydrogen-bond donors (Lipinski definition) is 4. The van der Waals surface area contributed by atoms with Gasteiger partial charge in [-0.25, -0.2) is 0 Å². The lowest BCUT2D eigenvalue weighted by Crippen LogP contribution is -2.58. The van der Waals surface area contributed by atoms with Gasteiger partial charge in [0.05, 0.1) is 24.3 Å². The Labute approximate surface area is 461 Å². The number of ether oxygens (including phenoxy) is 2. The summed E-state index contributed by atoms with van der Waals surface area (Å²) >= 11 is 0. The van der Waals surface area contributed by atoms with Crippen LogP contribution in [0.4, 0.5) is 0 Å². The van der Waals surface area contributed by atoms with Gasteiger partial charge in [0.15, 0.2) is 0 Å². The SMILES string of the molecule is CN[C@@H](C)C(=O)N[C@H](C(=O)N1CCC[C@H]1CN(CCc1ccccc1)C(=O)c1ccccc1)C(C)OCC#CC#CCO[C@H](C)[C@H](NC(=O)[C@H](C)NC)C(=O)N1CCCC1CN(CCc1ccccc1)C(=O)c1ccccc1. The van der Waals surface area contributed by atoms with Crippen LogP contribution < -0.4 is 21.3 Å². The van der Waals surface area contributed by atoms with E-state index < -0.39 is 36.4 Å². The number of carbonyl (C=O) groups is 6. The third kappa shape index (κ3) is 17.6. The second-order valence-corrected chi connectivity index (χ2v) is 20.0. The van der Waals surface area contributed by atoms with Crippen LogP contribution >= 0.6 is 0 Å². The van der Waals surface area contributed by atoms with Gasteiger partial charge in [0.25, 0.3) is 11.8 Å². The molecule has 6 rings (SSSR count). The highest BCUT2D eigenvalue weighted by atomic mass is 16.5. The van der Waals surface area contributed by atoms with Crippen LogP contribution in [0.3, 0.4) is 0 Å². The van der Waals surface area contributed by atoms with Gasteiger partial charge in [0, 0.05) is 62.5 Å². The standard InChI is InChI=1S/C62H78N8O8/c1-45(63-5)57(71)65-55(61(75)69-37-23-33-53(69)43-67(39-35-49-25-13-9-14-26-49)59(73)51-29-17-11-18-30-51)47(3)77-41-21-7-8-22-42-78-48(4)56(66-58(72)46(2)64-6)62(76)70-38-24-34-54(70)44-68(40-36-50-27-15-10-16-28-50)60(74)52-31-19-12-20-32-52/h9-20,25-32,45-48,53-56,63-64H,23-24,33-44H2,1-6H3,(H,65,71)(H,66,72)/t45-,46-,47+,48?,53?,54-,55-,56-/m0/s1. The van der Waals surface area contributed by atoms with E-state index in [1.165, 1.54) is 0 Å². The zero-order valence-corrected chi connectivity index (χ0v) is 46.1. The summed E-state index contributed by atoms with van der Waals surface area (Å²) in [4.78, 5) is 90.8. The predicted molar refractivity (Wildman–Crippen MR) is 302 cm³/mol. The molecule has 0 aromatic heterocycles. The Morgan fingerprint density at radius 2 is 0.885 bits per heavy atom. The third-order valence-corrected chi connectivity index (χ3v) is 14.6. The summed E-state index contributed by atoms with van der Waals surface area (Å²) < 4.78 is 12.2. The minimum Gasteiger partial charge on any atom is -0.363 e. The molecule has 2 fully saturated rings. The molecule has 8 atom stereocenters. The van der Waals surface area contributed by atoms with Crippen LogP contribution in [0.1, 0.15) is 85.2 Å². The van der Waals surface area contributed by atoms with Crippen molar-refractivity contribution < 1.29 is 38.2 Å². The van der Waals surface area contributed by atoms with Crippen LogP contribution in [0, 0.1) is 23.7 Å². The van der Waals surface area contributed by atoms with Crippen LogP contribution in [0.5, 0.6) is 0 Å². The van der Waals surface area contributed by atoms with Crippen molar-refractivity contribution in [3.8, 4) is 23.7 Å². The fourth-order valence-electron chi connectivity index (χ4n) is 9.67. The summed E-state index contributed by atoms with van der Waals surface area (Å²) in [5.41, 5.74) is 3.35. The highest BCUT2D eigenvalue weighted by molar-refractivity contribution is 5.95. The molecule has 414 valence electrons. The Morgan fingerprint density at radius 3 is 1.23 bits per heavy atom. The molecule has 78 heavy (non-hydrogen) atoms. The molecule has 4 N–H and O–H groups in total. The lowest BCUT2D eigenvalue weighted by molar-refractivity contribution is -0.141. The van der Waals surface area contributed by atoms with E-state index in [1.807, 2.05) is 107 Å². The molecular formula is C62H78N8O8. The van der Waals surface area contributed by atoms with Gasteiger partial charge in [-0.2, -0.15) is 0 Å².